The Balaban J connectivity index is 3.20. The van der Waals surface area contributed by atoms with Gasteiger partial charge in [-0.1, -0.05) is 56.8 Å². The summed E-state index contributed by atoms with van der Waals surface area (Å²) in [5.41, 5.74) is 4.23. The van der Waals surface area contributed by atoms with Crippen LogP contribution in [0.4, 0.5) is 0 Å². The molecule has 150 valence electrons. The SMILES string of the molecule is NNC(=O)C=CCCCCCCCCC=CCCCCCCC(=O)NN. The van der Waals surface area contributed by atoms with Gasteiger partial charge in [0.15, 0.2) is 0 Å². The third-order valence-electron chi connectivity index (χ3n) is 4.26. The average molecular weight is 367 g/mol. The number of carbonyl (C=O) groups excluding carboxylic acids is 2. The van der Waals surface area contributed by atoms with Gasteiger partial charge in [0.05, 0.1) is 0 Å². The lowest BCUT2D eigenvalue weighted by Gasteiger charge is -2.00. The van der Waals surface area contributed by atoms with E-state index < -0.39 is 0 Å². The Bertz CT molecular complexity index is 409. The zero-order chi connectivity index (χ0) is 19.3. The minimum atomic E-state index is -0.241. The number of hydrogen-bond acceptors (Lipinski definition) is 4. The first-order valence-electron chi connectivity index (χ1n) is 10.0. The minimum absolute atomic E-state index is 0.0710. The number of nitrogens with one attached hydrogen (secondary N) is 2. The van der Waals surface area contributed by atoms with E-state index in [0.29, 0.717) is 6.42 Å². The molecule has 0 fully saturated rings. The molecule has 0 atom stereocenters. The first-order valence-corrected chi connectivity index (χ1v) is 10.0. The molecule has 0 bridgehead atoms. The van der Waals surface area contributed by atoms with Crippen molar-refractivity contribution < 1.29 is 9.59 Å². The molecule has 0 radical (unpaired) electrons. The van der Waals surface area contributed by atoms with E-state index in [9.17, 15) is 9.59 Å². The Labute approximate surface area is 158 Å². The van der Waals surface area contributed by atoms with Crippen molar-refractivity contribution in [1.82, 2.24) is 10.9 Å². The standard InChI is InChI=1S/C20H38N4O2/c21-23-19(25)17-15-13-11-9-7-5-3-1-2-4-6-8-10-12-14-16-18-20(26)24-22/h3,5,16,18H,1-2,4,6-15,17,21-22H2,(H,23,25)(H,24,26). The van der Waals surface area contributed by atoms with Crippen LogP contribution in [-0.2, 0) is 9.59 Å². The molecule has 0 rings (SSSR count). The van der Waals surface area contributed by atoms with Gasteiger partial charge >= 0.3 is 0 Å². The third-order valence-corrected chi connectivity index (χ3v) is 4.26. The van der Waals surface area contributed by atoms with E-state index in [1.165, 1.54) is 57.4 Å². The van der Waals surface area contributed by atoms with Crippen LogP contribution in [0.3, 0.4) is 0 Å². The molecule has 6 heteroatoms. The molecule has 0 saturated carbocycles. The summed E-state index contributed by atoms with van der Waals surface area (Å²) in [4.78, 5) is 21.8. The highest BCUT2D eigenvalue weighted by Gasteiger charge is 1.97. The van der Waals surface area contributed by atoms with Gasteiger partial charge in [-0.15, -0.1) is 0 Å². The molecule has 0 aliphatic heterocycles. The number of rotatable bonds is 17. The van der Waals surface area contributed by atoms with Crippen LogP contribution in [0.1, 0.15) is 89.9 Å². The Kier molecular flexibility index (Phi) is 18.4. The summed E-state index contributed by atoms with van der Waals surface area (Å²) in [5, 5.41) is 0. The van der Waals surface area contributed by atoms with Crippen molar-refractivity contribution in [3.8, 4) is 0 Å². The van der Waals surface area contributed by atoms with Crippen molar-refractivity contribution >= 4 is 11.8 Å². The van der Waals surface area contributed by atoms with Crippen LogP contribution in [0.2, 0.25) is 0 Å². The fraction of sp³-hybridized carbons (Fsp3) is 0.700. The van der Waals surface area contributed by atoms with Gasteiger partial charge in [0.1, 0.15) is 0 Å². The zero-order valence-electron chi connectivity index (χ0n) is 16.2. The van der Waals surface area contributed by atoms with Crippen LogP contribution < -0.4 is 22.5 Å². The molecule has 0 saturated heterocycles. The lowest BCUT2D eigenvalue weighted by molar-refractivity contribution is -0.121. The number of carbonyl (C=O) groups is 2. The predicted octanol–water partition coefficient (Wildman–Crippen LogP) is 3.54. The van der Waals surface area contributed by atoms with Gasteiger partial charge < -0.3 is 0 Å². The largest absolute Gasteiger partial charge is 0.294 e. The number of hydrazine groups is 2. The number of amides is 2. The van der Waals surface area contributed by atoms with Crippen molar-refractivity contribution in [2.24, 2.45) is 11.7 Å². The van der Waals surface area contributed by atoms with Crippen LogP contribution in [0.15, 0.2) is 24.3 Å². The zero-order valence-corrected chi connectivity index (χ0v) is 16.2. The van der Waals surface area contributed by atoms with Crippen molar-refractivity contribution in [2.45, 2.75) is 89.9 Å². The summed E-state index contributed by atoms with van der Waals surface area (Å²) in [6.45, 7) is 0. The molecule has 0 aliphatic carbocycles. The highest BCUT2D eigenvalue weighted by atomic mass is 16.2. The van der Waals surface area contributed by atoms with E-state index in [1.807, 2.05) is 6.08 Å². The van der Waals surface area contributed by atoms with Gasteiger partial charge in [-0.2, -0.15) is 0 Å². The van der Waals surface area contributed by atoms with Crippen LogP contribution in [-0.4, -0.2) is 11.8 Å². The lowest BCUT2D eigenvalue weighted by atomic mass is 10.1. The Hall–Kier alpha value is -1.66. The Morgan fingerprint density at radius 1 is 0.615 bits per heavy atom. The smallest absolute Gasteiger partial charge is 0.257 e. The maximum Gasteiger partial charge on any atom is 0.257 e. The van der Waals surface area contributed by atoms with Crippen LogP contribution in [0.5, 0.6) is 0 Å². The first-order chi connectivity index (χ1) is 12.7. The fourth-order valence-corrected chi connectivity index (χ4v) is 2.68. The number of allylic oxidation sites excluding steroid dienone is 3. The van der Waals surface area contributed by atoms with Crippen LogP contribution in [0.25, 0.3) is 0 Å². The van der Waals surface area contributed by atoms with E-state index in [1.54, 1.807) is 0 Å². The van der Waals surface area contributed by atoms with E-state index in [-0.39, 0.29) is 11.8 Å². The molecule has 6 N–H and O–H groups in total. The third kappa shape index (κ3) is 18.7. The summed E-state index contributed by atoms with van der Waals surface area (Å²) < 4.78 is 0. The molecular weight excluding hydrogens is 328 g/mol. The maximum atomic E-state index is 10.9. The quantitative estimate of drug-likeness (QED) is 0.0788. The van der Waals surface area contributed by atoms with Gasteiger partial charge in [0, 0.05) is 12.5 Å². The summed E-state index contributed by atoms with van der Waals surface area (Å²) >= 11 is 0. The van der Waals surface area contributed by atoms with Gasteiger partial charge in [0.25, 0.3) is 5.91 Å². The van der Waals surface area contributed by atoms with Crippen molar-refractivity contribution in [2.75, 3.05) is 0 Å². The topological polar surface area (TPSA) is 110 Å². The summed E-state index contributed by atoms with van der Waals surface area (Å²) in [6, 6.07) is 0. The molecule has 0 spiro atoms. The van der Waals surface area contributed by atoms with Gasteiger partial charge in [-0.3, -0.25) is 20.4 Å². The van der Waals surface area contributed by atoms with E-state index in [4.69, 9.17) is 11.7 Å². The summed E-state index contributed by atoms with van der Waals surface area (Å²) in [7, 11) is 0. The molecule has 6 nitrogen and oxygen atoms in total. The van der Waals surface area contributed by atoms with Gasteiger partial charge in [0.2, 0.25) is 5.91 Å². The molecule has 0 heterocycles. The second-order valence-corrected chi connectivity index (χ2v) is 6.60. The van der Waals surface area contributed by atoms with Crippen molar-refractivity contribution in [3.05, 3.63) is 24.3 Å². The highest BCUT2D eigenvalue weighted by molar-refractivity contribution is 5.86. The molecule has 0 aromatic carbocycles. The molecule has 0 aromatic heterocycles. The van der Waals surface area contributed by atoms with Crippen LogP contribution in [0, 0.1) is 0 Å². The first kappa shape index (κ1) is 24.3. The molecule has 0 aromatic rings. The number of hydrogen-bond donors (Lipinski definition) is 4. The molecule has 2 amide bonds. The molecule has 26 heavy (non-hydrogen) atoms. The van der Waals surface area contributed by atoms with E-state index in [2.05, 4.69) is 23.0 Å². The predicted molar refractivity (Wildman–Crippen MR) is 108 cm³/mol. The second kappa shape index (κ2) is 19.7. The Morgan fingerprint density at radius 2 is 1.08 bits per heavy atom. The lowest BCUT2D eigenvalue weighted by Crippen LogP contribution is -2.29. The Morgan fingerprint density at radius 3 is 1.58 bits per heavy atom. The molecule has 0 aliphatic rings. The van der Waals surface area contributed by atoms with Gasteiger partial charge in [-0.25, -0.2) is 11.7 Å². The highest BCUT2D eigenvalue weighted by Crippen LogP contribution is 2.10. The number of unbranched alkanes of at least 4 members (excludes halogenated alkanes) is 11. The van der Waals surface area contributed by atoms with Gasteiger partial charge in [-0.05, 0) is 44.9 Å². The summed E-state index contributed by atoms with van der Waals surface area (Å²) in [6.07, 6.45) is 23.6. The normalized spacial score (nSPS) is 11.3. The maximum absolute atomic E-state index is 10.9. The fourth-order valence-electron chi connectivity index (χ4n) is 2.68. The monoisotopic (exact) mass is 366 g/mol. The number of nitrogens with two attached hydrogens (primary N) is 2. The van der Waals surface area contributed by atoms with E-state index in [0.717, 1.165) is 32.1 Å². The minimum Gasteiger partial charge on any atom is -0.294 e. The molecular formula is C20H38N4O2. The van der Waals surface area contributed by atoms with Crippen molar-refractivity contribution in [3.63, 3.8) is 0 Å². The van der Waals surface area contributed by atoms with Crippen molar-refractivity contribution in [1.29, 1.82) is 0 Å². The average Bonchev–Trinajstić information content (AvgIpc) is 2.66. The second-order valence-electron chi connectivity index (χ2n) is 6.60. The summed E-state index contributed by atoms with van der Waals surface area (Å²) in [5.74, 6) is 9.70. The van der Waals surface area contributed by atoms with E-state index >= 15 is 0 Å². The van der Waals surface area contributed by atoms with Crippen LogP contribution >= 0.6 is 0 Å². The molecule has 0 unspecified atom stereocenters.